The Morgan fingerprint density at radius 2 is 2.15 bits per heavy atom. The average molecular weight is 271 g/mol. The molecule has 1 aromatic carbocycles. The Balaban J connectivity index is 1.95. The van der Waals surface area contributed by atoms with Crippen molar-refractivity contribution in [2.75, 3.05) is 6.54 Å². The van der Waals surface area contributed by atoms with Gasteiger partial charge in [-0.2, -0.15) is 0 Å². The SMILES string of the molecule is CCCNC1C(n2cnc3ccccc32)CCC1(C)C. The molecule has 1 aliphatic rings. The highest BCUT2D eigenvalue weighted by Crippen LogP contribution is 2.44. The van der Waals surface area contributed by atoms with Gasteiger partial charge in [-0.15, -0.1) is 0 Å². The van der Waals surface area contributed by atoms with Crippen LogP contribution in [0, 0.1) is 5.41 Å². The largest absolute Gasteiger partial charge is 0.326 e. The number of nitrogens with one attached hydrogen (secondary N) is 1. The zero-order valence-electron chi connectivity index (χ0n) is 12.8. The van der Waals surface area contributed by atoms with Crippen LogP contribution >= 0.6 is 0 Å². The Kier molecular flexibility index (Phi) is 3.55. The van der Waals surface area contributed by atoms with Gasteiger partial charge in [0, 0.05) is 6.04 Å². The average Bonchev–Trinajstić information content (AvgIpc) is 2.97. The molecular weight excluding hydrogens is 246 g/mol. The molecule has 2 aromatic rings. The zero-order chi connectivity index (χ0) is 14.2. The van der Waals surface area contributed by atoms with Crippen LogP contribution in [0.4, 0.5) is 0 Å². The molecule has 2 atom stereocenters. The van der Waals surface area contributed by atoms with Crippen LogP contribution in [0.15, 0.2) is 30.6 Å². The van der Waals surface area contributed by atoms with Gasteiger partial charge in [-0.3, -0.25) is 0 Å². The molecule has 108 valence electrons. The highest BCUT2D eigenvalue weighted by atomic mass is 15.1. The molecule has 3 heteroatoms. The first-order valence-electron chi connectivity index (χ1n) is 7.78. The van der Waals surface area contributed by atoms with Crippen molar-refractivity contribution in [3.05, 3.63) is 30.6 Å². The second-order valence-corrected chi connectivity index (χ2v) is 6.67. The molecule has 0 bridgehead atoms. The minimum Gasteiger partial charge on any atom is -0.326 e. The van der Waals surface area contributed by atoms with Crippen LogP contribution in [0.5, 0.6) is 0 Å². The lowest BCUT2D eigenvalue weighted by atomic mass is 9.86. The number of hydrogen-bond acceptors (Lipinski definition) is 2. The fourth-order valence-electron chi connectivity index (χ4n) is 3.62. The summed E-state index contributed by atoms with van der Waals surface area (Å²) in [4.78, 5) is 4.56. The van der Waals surface area contributed by atoms with Crippen LogP contribution < -0.4 is 5.32 Å². The first-order chi connectivity index (χ1) is 9.63. The summed E-state index contributed by atoms with van der Waals surface area (Å²) in [5.74, 6) is 0. The number of imidazole rings is 1. The smallest absolute Gasteiger partial charge is 0.0961 e. The van der Waals surface area contributed by atoms with Crippen LogP contribution in [0.3, 0.4) is 0 Å². The summed E-state index contributed by atoms with van der Waals surface area (Å²) in [5, 5.41) is 3.78. The van der Waals surface area contributed by atoms with E-state index in [9.17, 15) is 0 Å². The molecule has 1 N–H and O–H groups in total. The van der Waals surface area contributed by atoms with Crippen LogP contribution in [0.1, 0.15) is 46.1 Å². The molecule has 0 spiro atoms. The van der Waals surface area contributed by atoms with Crippen molar-refractivity contribution >= 4 is 11.0 Å². The third kappa shape index (κ3) is 2.24. The summed E-state index contributed by atoms with van der Waals surface area (Å²) in [5.41, 5.74) is 2.72. The van der Waals surface area contributed by atoms with E-state index in [-0.39, 0.29) is 0 Å². The fraction of sp³-hybridized carbons (Fsp3) is 0.588. The van der Waals surface area contributed by atoms with E-state index < -0.39 is 0 Å². The maximum atomic E-state index is 4.56. The van der Waals surface area contributed by atoms with Crippen molar-refractivity contribution in [1.82, 2.24) is 14.9 Å². The van der Waals surface area contributed by atoms with Crippen molar-refractivity contribution in [1.29, 1.82) is 0 Å². The summed E-state index contributed by atoms with van der Waals surface area (Å²) >= 11 is 0. The van der Waals surface area contributed by atoms with Crippen molar-refractivity contribution < 1.29 is 0 Å². The Morgan fingerprint density at radius 3 is 2.95 bits per heavy atom. The first-order valence-corrected chi connectivity index (χ1v) is 7.78. The molecule has 3 rings (SSSR count). The number of nitrogens with zero attached hydrogens (tertiary/aromatic N) is 2. The van der Waals surface area contributed by atoms with Crippen molar-refractivity contribution in [2.45, 2.75) is 52.1 Å². The molecular formula is C17H25N3. The van der Waals surface area contributed by atoms with Gasteiger partial charge in [-0.05, 0) is 43.4 Å². The van der Waals surface area contributed by atoms with Gasteiger partial charge in [0.25, 0.3) is 0 Å². The van der Waals surface area contributed by atoms with Gasteiger partial charge in [0.1, 0.15) is 0 Å². The van der Waals surface area contributed by atoms with E-state index in [0.717, 1.165) is 12.1 Å². The van der Waals surface area contributed by atoms with E-state index in [4.69, 9.17) is 0 Å². The number of aromatic nitrogens is 2. The monoisotopic (exact) mass is 271 g/mol. The highest BCUT2D eigenvalue weighted by Gasteiger charge is 2.42. The van der Waals surface area contributed by atoms with Gasteiger partial charge in [0.2, 0.25) is 0 Å². The molecule has 1 heterocycles. The van der Waals surface area contributed by atoms with E-state index in [0.29, 0.717) is 17.5 Å². The molecule has 3 nitrogen and oxygen atoms in total. The maximum Gasteiger partial charge on any atom is 0.0961 e. The lowest BCUT2D eigenvalue weighted by Gasteiger charge is -2.32. The molecule has 0 aliphatic heterocycles. The summed E-state index contributed by atoms with van der Waals surface area (Å²) in [6.45, 7) is 8.10. The second kappa shape index (κ2) is 5.21. The van der Waals surface area contributed by atoms with E-state index in [1.807, 2.05) is 6.33 Å². The third-order valence-corrected chi connectivity index (χ3v) is 4.76. The lowest BCUT2D eigenvalue weighted by molar-refractivity contribution is 0.251. The molecule has 1 aromatic heterocycles. The number of para-hydroxylation sites is 2. The van der Waals surface area contributed by atoms with Crippen LogP contribution in [0.25, 0.3) is 11.0 Å². The quantitative estimate of drug-likeness (QED) is 0.917. The number of hydrogen-bond donors (Lipinski definition) is 1. The topological polar surface area (TPSA) is 29.9 Å². The van der Waals surface area contributed by atoms with Gasteiger partial charge in [0.15, 0.2) is 0 Å². The van der Waals surface area contributed by atoms with Gasteiger partial charge in [-0.1, -0.05) is 32.9 Å². The molecule has 2 unspecified atom stereocenters. The number of fused-ring (bicyclic) bond motifs is 1. The molecule has 1 aliphatic carbocycles. The van der Waals surface area contributed by atoms with Crippen molar-refractivity contribution in [3.8, 4) is 0 Å². The summed E-state index contributed by atoms with van der Waals surface area (Å²) < 4.78 is 2.39. The Hall–Kier alpha value is -1.35. The number of rotatable bonds is 4. The van der Waals surface area contributed by atoms with Crippen LogP contribution in [0.2, 0.25) is 0 Å². The normalized spacial score (nSPS) is 25.4. The van der Waals surface area contributed by atoms with Gasteiger partial charge in [-0.25, -0.2) is 4.98 Å². The second-order valence-electron chi connectivity index (χ2n) is 6.67. The van der Waals surface area contributed by atoms with Gasteiger partial charge in [0.05, 0.1) is 23.4 Å². The summed E-state index contributed by atoms with van der Waals surface area (Å²) in [6, 6.07) is 9.49. The molecule has 20 heavy (non-hydrogen) atoms. The predicted molar refractivity (Wildman–Crippen MR) is 83.9 cm³/mol. The zero-order valence-corrected chi connectivity index (χ0v) is 12.8. The summed E-state index contributed by atoms with van der Waals surface area (Å²) in [7, 11) is 0. The Labute approximate surface area is 121 Å². The first kappa shape index (κ1) is 13.6. The molecule has 0 saturated heterocycles. The third-order valence-electron chi connectivity index (χ3n) is 4.76. The molecule has 0 radical (unpaired) electrons. The Morgan fingerprint density at radius 1 is 1.35 bits per heavy atom. The van der Waals surface area contributed by atoms with E-state index >= 15 is 0 Å². The predicted octanol–water partition coefficient (Wildman–Crippen LogP) is 3.77. The lowest BCUT2D eigenvalue weighted by Crippen LogP contribution is -2.43. The standard InChI is InChI=1S/C17H25N3/c1-4-11-18-16-15(9-10-17(16,2)3)20-12-19-13-7-5-6-8-14(13)20/h5-8,12,15-16,18H,4,9-11H2,1-3H3. The van der Waals surface area contributed by atoms with E-state index in [1.165, 1.54) is 24.8 Å². The van der Waals surface area contributed by atoms with E-state index in [1.54, 1.807) is 0 Å². The van der Waals surface area contributed by atoms with Crippen LogP contribution in [-0.2, 0) is 0 Å². The van der Waals surface area contributed by atoms with E-state index in [2.05, 4.69) is 59.9 Å². The minimum absolute atomic E-state index is 0.352. The molecule has 1 fully saturated rings. The minimum atomic E-state index is 0.352. The Bertz CT molecular complexity index is 585. The van der Waals surface area contributed by atoms with Crippen LogP contribution in [-0.4, -0.2) is 22.1 Å². The van der Waals surface area contributed by atoms with Crippen molar-refractivity contribution in [3.63, 3.8) is 0 Å². The fourth-order valence-corrected chi connectivity index (χ4v) is 3.62. The van der Waals surface area contributed by atoms with Gasteiger partial charge < -0.3 is 9.88 Å². The maximum absolute atomic E-state index is 4.56. The van der Waals surface area contributed by atoms with Crippen molar-refractivity contribution in [2.24, 2.45) is 5.41 Å². The highest BCUT2D eigenvalue weighted by molar-refractivity contribution is 5.75. The van der Waals surface area contributed by atoms with Gasteiger partial charge >= 0.3 is 0 Å². The molecule has 1 saturated carbocycles. The number of benzene rings is 1. The molecule has 0 amide bonds. The summed E-state index contributed by atoms with van der Waals surface area (Å²) in [6.07, 6.45) is 5.71.